The van der Waals surface area contributed by atoms with Crippen molar-refractivity contribution in [1.29, 1.82) is 0 Å². The number of nitrogens with one attached hydrogen (secondary N) is 1. The van der Waals surface area contributed by atoms with Crippen LogP contribution in [0.3, 0.4) is 0 Å². The van der Waals surface area contributed by atoms with E-state index in [0.717, 1.165) is 18.8 Å². The number of carbonyl (C=O) groups is 1. The van der Waals surface area contributed by atoms with Gasteiger partial charge in [-0.1, -0.05) is 24.3 Å². The van der Waals surface area contributed by atoms with E-state index in [1.165, 1.54) is 11.1 Å². The first-order valence-electron chi connectivity index (χ1n) is 7.16. The topological polar surface area (TPSA) is 50.2 Å². The SMILES string of the molecule is CN(Cc1nccn1C)C(=O)C1Cc2ccccc2CN1. The molecule has 2 aromatic rings. The zero-order valence-corrected chi connectivity index (χ0v) is 12.4. The molecule has 0 spiro atoms. The Morgan fingerprint density at radius 2 is 2.19 bits per heavy atom. The van der Waals surface area contributed by atoms with Crippen LogP contribution in [0, 0.1) is 0 Å². The summed E-state index contributed by atoms with van der Waals surface area (Å²) in [6.07, 6.45) is 4.39. The number of imidazole rings is 1. The average Bonchev–Trinajstić information content (AvgIpc) is 2.91. The second-order valence-electron chi connectivity index (χ2n) is 5.55. The molecule has 1 atom stereocenters. The molecule has 0 fully saturated rings. The highest BCUT2D eigenvalue weighted by atomic mass is 16.2. The fourth-order valence-electron chi connectivity index (χ4n) is 2.73. The number of hydrogen-bond acceptors (Lipinski definition) is 3. The number of rotatable bonds is 3. The third-order valence-electron chi connectivity index (χ3n) is 4.06. The molecule has 1 unspecified atom stereocenters. The maximum absolute atomic E-state index is 12.6. The average molecular weight is 284 g/mol. The van der Waals surface area contributed by atoms with E-state index in [-0.39, 0.29) is 11.9 Å². The lowest BCUT2D eigenvalue weighted by atomic mass is 9.95. The second kappa shape index (κ2) is 5.69. The third kappa shape index (κ3) is 2.83. The summed E-state index contributed by atoms with van der Waals surface area (Å²) >= 11 is 0. The number of hydrogen-bond donors (Lipinski definition) is 1. The first-order valence-corrected chi connectivity index (χ1v) is 7.16. The van der Waals surface area contributed by atoms with Gasteiger partial charge in [-0.2, -0.15) is 0 Å². The Balaban J connectivity index is 1.67. The summed E-state index contributed by atoms with van der Waals surface area (Å²) < 4.78 is 1.94. The number of benzene rings is 1. The fraction of sp³-hybridized carbons (Fsp3) is 0.375. The Morgan fingerprint density at radius 3 is 2.90 bits per heavy atom. The number of amides is 1. The normalized spacial score (nSPS) is 17.3. The minimum atomic E-state index is -0.148. The fourth-order valence-corrected chi connectivity index (χ4v) is 2.73. The maximum Gasteiger partial charge on any atom is 0.240 e. The van der Waals surface area contributed by atoms with E-state index < -0.39 is 0 Å². The minimum Gasteiger partial charge on any atom is -0.337 e. The number of fused-ring (bicyclic) bond motifs is 1. The summed E-state index contributed by atoms with van der Waals surface area (Å²) in [5.41, 5.74) is 2.55. The first-order chi connectivity index (χ1) is 10.1. The molecule has 2 heterocycles. The Labute approximate surface area is 124 Å². The first kappa shape index (κ1) is 13.8. The molecule has 110 valence electrons. The highest BCUT2D eigenvalue weighted by Gasteiger charge is 2.26. The standard InChI is InChI=1S/C16H20N4O/c1-19-8-7-17-15(19)11-20(2)16(21)14-9-12-5-3-4-6-13(12)10-18-14/h3-8,14,18H,9-11H2,1-2H3. The molecule has 0 bridgehead atoms. The maximum atomic E-state index is 12.6. The van der Waals surface area contributed by atoms with E-state index in [1.807, 2.05) is 37.0 Å². The van der Waals surface area contributed by atoms with Crippen molar-refractivity contribution < 1.29 is 4.79 Å². The Kier molecular flexibility index (Phi) is 3.75. The summed E-state index contributed by atoms with van der Waals surface area (Å²) in [5, 5.41) is 3.33. The molecule has 1 N–H and O–H groups in total. The molecule has 0 saturated heterocycles. The quantitative estimate of drug-likeness (QED) is 0.918. The lowest BCUT2D eigenvalue weighted by Crippen LogP contribution is -2.48. The molecule has 0 radical (unpaired) electrons. The third-order valence-corrected chi connectivity index (χ3v) is 4.06. The van der Waals surface area contributed by atoms with Crippen molar-refractivity contribution in [3.05, 3.63) is 53.6 Å². The molecular weight excluding hydrogens is 264 g/mol. The molecule has 5 nitrogen and oxygen atoms in total. The molecule has 1 aliphatic rings. The van der Waals surface area contributed by atoms with Gasteiger partial charge in [0.15, 0.2) is 0 Å². The van der Waals surface area contributed by atoms with Crippen LogP contribution in [0.4, 0.5) is 0 Å². The van der Waals surface area contributed by atoms with Gasteiger partial charge < -0.3 is 14.8 Å². The molecule has 1 aromatic carbocycles. The van der Waals surface area contributed by atoms with Crippen molar-refractivity contribution in [3.8, 4) is 0 Å². The molecular formula is C16H20N4O. The molecule has 1 aromatic heterocycles. The van der Waals surface area contributed by atoms with Gasteiger partial charge >= 0.3 is 0 Å². The van der Waals surface area contributed by atoms with Crippen LogP contribution in [0.1, 0.15) is 17.0 Å². The lowest BCUT2D eigenvalue weighted by Gasteiger charge is -2.28. The van der Waals surface area contributed by atoms with Gasteiger partial charge in [0, 0.05) is 33.0 Å². The second-order valence-corrected chi connectivity index (χ2v) is 5.55. The number of aromatic nitrogens is 2. The Hall–Kier alpha value is -2.14. The van der Waals surface area contributed by atoms with Crippen molar-refractivity contribution in [3.63, 3.8) is 0 Å². The minimum absolute atomic E-state index is 0.118. The highest BCUT2D eigenvalue weighted by Crippen LogP contribution is 2.17. The van der Waals surface area contributed by atoms with Crippen LogP contribution < -0.4 is 5.32 Å². The van der Waals surface area contributed by atoms with Gasteiger partial charge in [-0.05, 0) is 17.5 Å². The lowest BCUT2D eigenvalue weighted by molar-refractivity contribution is -0.133. The predicted molar refractivity (Wildman–Crippen MR) is 80.5 cm³/mol. The molecule has 1 amide bonds. The molecule has 3 rings (SSSR count). The molecule has 1 aliphatic heterocycles. The van der Waals surface area contributed by atoms with Crippen LogP contribution in [0.5, 0.6) is 0 Å². The molecule has 0 saturated carbocycles. The summed E-state index contributed by atoms with van der Waals surface area (Å²) in [4.78, 5) is 18.6. The molecule has 5 heteroatoms. The number of likely N-dealkylation sites (N-methyl/N-ethyl adjacent to an activating group) is 1. The van der Waals surface area contributed by atoms with Gasteiger partial charge in [-0.3, -0.25) is 4.79 Å². The molecule has 21 heavy (non-hydrogen) atoms. The van der Waals surface area contributed by atoms with Crippen molar-refractivity contribution >= 4 is 5.91 Å². The van der Waals surface area contributed by atoms with Crippen LogP contribution in [0.15, 0.2) is 36.7 Å². The van der Waals surface area contributed by atoms with E-state index in [4.69, 9.17) is 0 Å². The number of aryl methyl sites for hydroxylation is 1. The van der Waals surface area contributed by atoms with Crippen molar-refractivity contribution in [2.45, 2.75) is 25.6 Å². The van der Waals surface area contributed by atoms with Crippen molar-refractivity contribution in [2.24, 2.45) is 7.05 Å². The van der Waals surface area contributed by atoms with E-state index in [2.05, 4.69) is 22.4 Å². The van der Waals surface area contributed by atoms with E-state index in [1.54, 1.807) is 11.1 Å². The summed E-state index contributed by atoms with van der Waals surface area (Å²) in [6.45, 7) is 1.28. The van der Waals surface area contributed by atoms with Crippen LogP contribution in [0.2, 0.25) is 0 Å². The van der Waals surface area contributed by atoms with Gasteiger partial charge in [0.1, 0.15) is 5.82 Å². The van der Waals surface area contributed by atoms with Crippen molar-refractivity contribution in [1.82, 2.24) is 19.8 Å². The summed E-state index contributed by atoms with van der Waals surface area (Å²) in [5.74, 6) is 1.01. The van der Waals surface area contributed by atoms with Gasteiger partial charge in [0.25, 0.3) is 0 Å². The van der Waals surface area contributed by atoms with Gasteiger partial charge in [0.05, 0.1) is 12.6 Å². The largest absolute Gasteiger partial charge is 0.337 e. The predicted octanol–water partition coefficient (Wildman–Crippen LogP) is 1.09. The van der Waals surface area contributed by atoms with Crippen molar-refractivity contribution in [2.75, 3.05) is 7.05 Å². The van der Waals surface area contributed by atoms with Gasteiger partial charge in [0.2, 0.25) is 5.91 Å². The van der Waals surface area contributed by atoms with E-state index >= 15 is 0 Å². The number of carbonyl (C=O) groups excluding carboxylic acids is 1. The van der Waals surface area contributed by atoms with Crippen LogP contribution in [-0.4, -0.2) is 33.4 Å². The van der Waals surface area contributed by atoms with E-state index in [9.17, 15) is 4.79 Å². The summed E-state index contributed by atoms with van der Waals surface area (Å²) in [6, 6.07) is 8.14. The van der Waals surface area contributed by atoms with Gasteiger partial charge in [-0.25, -0.2) is 4.98 Å². The monoisotopic (exact) mass is 284 g/mol. The Bertz CT molecular complexity index is 649. The highest BCUT2D eigenvalue weighted by molar-refractivity contribution is 5.82. The summed E-state index contributed by atoms with van der Waals surface area (Å²) in [7, 11) is 3.77. The zero-order chi connectivity index (χ0) is 14.8. The smallest absolute Gasteiger partial charge is 0.240 e. The van der Waals surface area contributed by atoms with Crippen LogP contribution >= 0.6 is 0 Å². The number of nitrogens with zero attached hydrogens (tertiary/aromatic N) is 3. The van der Waals surface area contributed by atoms with Crippen LogP contribution in [0.25, 0.3) is 0 Å². The van der Waals surface area contributed by atoms with E-state index in [0.29, 0.717) is 6.54 Å². The Morgan fingerprint density at radius 1 is 1.43 bits per heavy atom. The van der Waals surface area contributed by atoms with Crippen LogP contribution in [-0.2, 0) is 31.4 Å². The van der Waals surface area contributed by atoms with Gasteiger partial charge in [-0.15, -0.1) is 0 Å². The molecule has 0 aliphatic carbocycles. The zero-order valence-electron chi connectivity index (χ0n) is 12.4.